The highest BCUT2D eigenvalue weighted by atomic mass is 16.1. The van der Waals surface area contributed by atoms with E-state index >= 15 is 0 Å². The summed E-state index contributed by atoms with van der Waals surface area (Å²) >= 11 is 0. The fraction of sp³-hybridized carbons (Fsp3) is 0.929. The molecule has 4 nitrogen and oxygen atoms in total. The second-order valence-corrected chi connectivity index (χ2v) is 5.83. The van der Waals surface area contributed by atoms with Crippen molar-refractivity contribution >= 4 is 5.91 Å². The molecule has 4 heteroatoms. The molecule has 1 aliphatic heterocycles. The van der Waals surface area contributed by atoms with Crippen LogP contribution in [-0.4, -0.2) is 50.1 Å². The lowest BCUT2D eigenvalue weighted by Gasteiger charge is -2.32. The Bertz CT molecular complexity index is 264. The summed E-state index contributed by atoms with van der Waals surface area (Å²) in [6, 6.07) is 0.366. The molecule has 104 valence electrons. The Balaban J connectivity index is 1.59. The van der Waals surface area contributed by atoms with Gasteiger partial charge in [-0.2, -0.15) is 0 Å². The van der Waals surface area contributed by atoms with E-state index in [1.165, 1.54) is 32.1 Å². The average molecular weight is 253 g/mol. The van der Waals surface area contributed by atoms with Crippen molar-refractivity contribution in [3.8, 4) is 0 Å². The molecule has 1 heterocycles. The van der Waals surface area contributed by atoms with Gasteiger partial charge in [-0.05, 0) is 19.4 Å². The van der Waals surface area contributed by atoms with Gasteiger partial charge in [-0.15, -0.1) is 0 Å². The first-order valence-corrected chi connectivity index (χ1v) is 7.43. The first-order valence-electron chi connectivity index (χ1n) is 7.43. The van der Waals surface area contributed by atoms with Crippen LogP contribution in [-0.2, 0) is 4.79 Å². The van der Waals surface area contributed by atoms with E-state index in [4.69, 9.17) is 0 Å². The minimum atomic E-state index is 0.216. The van der Waals surface area contributed by atoms with E-state index in [0.29, 0.717) is 12.5 Å². The number of carbonyl (C=O) groups is 1. The van der Waals surface area contributed by atoms with E-state index in [9.17, 15) is 4.79 Å². The molecule has 0 radical (unpaired) electrons. The number of hydrogen-bond acceptors (Lipinski definition) is 3. The Kier molecular flexibility index (Phi) is 5.45. The van der Waals surface area contributed by atoms with Gasteiger partial charge in [-0.1, -0.05) is 25.7 Å². The third kappa shape index (κ3) is 4.25. The molecular weight excluding hydrogens is 226 g/mol. The van der Waals surface area contributed by atoms with Crippen LogP contribution in [0.4, 0.5) is 0 Å². The first kappa shape index (κ1) is 13.8. The minimum Gasteiger partial charge on any atom is -0.356 e. The van der Waals surface area contributed by atoms with Crippen molar-refractivity contribution in [2.75, 3.05) is 33.2 Å². The summed E-state index contributed by atoms with van der Waals surface area (Å²) in [5.41, 5.74) is 0. The standard InChI is InChI=1S/C14H27N3O/c1-17-9-8-15-11-13(17)10-14(18)16-7-6-12-4-2-3-5-12/h12-13,15H,2-11H2,1H3,(H,16,18). The number of rotatable bonds is 5. The fourth-order valence-corrected chi connectivity index (χ4v) is 3.09. The van der Waals surface area contributed by atoms with Gasteiger partial charge in [0, 0.05) is 38.6 Å². The molecule has 0 aromatic rings. The number of piperazine rings is 1. The zero-order valence-electron chi connectivity index (χ0n) is 11.6. The predicted octanol–water partition coefficient (Wildman–Crippen LogP) is 0.977. The van der Waals surface area contributed by atoms with Crippen molar-refractivity contribution in [1.29, 1.82) is 0 Å². The van der Waals surface area contributed by atoms with E-state index in [1.54, 1.807) is 0 Å². The van der Waals surface area contributed by atoms with Crippen LogP contribution in [0.25, 0.3) is 0 Å². The molecule has 1 atom stereocenters. The lowest BCUT2D eigenvalue weighted by Crippen LogP contribution is -2.51. The van der Waals surface area contributed by atoms with Crippen molar-refractivity contribution in [3.63, 3.8) is 0 Å². The molecule has 0 bridgehead atoms. The number of nitrogens with zero attached hydrogens (tertiary/aromatic N) is 1. The maximum atomic E-state index is 11.9. The lowest BCUT2D eigenvalue weighted by atomic mass is 10.0. The Labute approximate surface area is 110 Å². The predicted molar refractivity (Wildman–Crippen MR) is 73.5 cm³/mol. The van der Waals surface area contributed by atoms with Gasteiger partial charge in [0.2, 0.25) is 5.91 Å². The molecule has 0 aromatic carbocycles. The third-order valence-corrected chi connectivity index (χ3v) is 4.42. The van der Waals surface area contributed by atoms with Crippen molar-refractivity contribution in [2.45, 2.75) is 44.6 Å². The van der Waals surface area contributed by atoms with Crippen LogP contribution < -0.4 is 10.6 Å². The highest BCUT2D eigenvalue weighted by Crippen LogP contribution is 2.26. The maximum absolute atomic E-state index is 11.9. The van der Waals surface area contributed by atoms with Gasteiger partial charge in [0.25, 0.3) is 0 Å². The number of likely N-dealkylation sites (N-methyl/N-ethyl adjacent to an activating group) is 1. The van der Waals surface area contributed by atoms with Crippen LogP contribution in [0, 0.1) is 5.92 Å². The summed E-state index contributed by atoms with van der Waals surface area (Å²) < 4.78 is 0. The second kappa shape index (κ2) is 7.10. The molecule has 0 spiro atoms. The van der Waals surface area contributed by atoms with Crippen LogP contribution >= 0.6 is 0 Å². The molecule has 1 saturated heterocycles. The van der Waals surface area contributed by atoms with E-state index in [-0.39, 0.29) is 5.91 Å². The molecule has 2 fully saturated rings. The van der Waals surface area contributed by atoms with Crippen molar-refractivity contribution in [3.05, 3.63) is 0 Å². The van der Waals surface area contributed by atoms with Crippen LogP contribution in [0.5, 0.6) is 0 Å². The number of hydrogen-bond donors (Lipinski definition) is 2. The van der Waals surface area contributed by atoms with E-state index in [2.05, 4.69) is 22.6 Å². The Hall–Kier alpha value is -0.610. The zero-order valence-corrected chi connectivity index (χ0v) is 11.6. The summed E-state index contributed by atoms with van der Waals surface area (Å²) in [5.74, 6) is 1.08. The van der Waals surface area contributed by atoms with Gasteiger partial charge in [0.1, 0.15) is 0 Å². The quantitative estimate of drug-likeness (QED) is 0.767. The Morgan fingerprint density at radius 1 is 1.39 bits per heavy atom. The minimum absolute atomic E-state index is 0.216. The molecule has 2 N–H and O–H groups in total. The van der Waals surface area contributed by atoms with Gasteiger partial charge >= 0.3 is 0 Å². The second-order valence-electron chi connectivity index (χ2n) is 5.83. The first-order chi connectivity index (χ1) is 8.75. The molecule has 2 aliphatic rings. The van der Waals surface area contributed by atoms with E-state index < -0.39 is 0 Å². The van der Waals surface area contributed by atoms with E-state index in [1.807, 2.05) is 0 Å². The van der Waals surface area contributed by atoms with E-state index in [0.717, 1.165) is 32.1 Å². The summed E-state index contributed by atoms with van der Waals surface area (Å²) in [4.78, 5) is 14.1. The Morgan fingerprint density at radius 2 is 2.17 bits per heavy atom. The van der Waals surface area contributed by atoms with Gasteiger partial charge < -0.3 is 15.5 Å². The van der Waals surface area contributed by atoms with Gasteiger partial charge in [0.05, 0.1) is 0 Å². The molecule has 1 saturated carbocycles. The lowest BCUT2D eigenvalue weighted by molar-refractivity contribution is -0.122. The summed E-state index contributed by atoms with van der Waals surface area (Å²) in [5, 5.41) is 6.43. The number of carbonyl (C=O) groups excluding carboxylic acids is 1. The van der Waals surface area contributed by atoms with Crippen LogP contribution in [0.1, 0.15) is 38.5 Å². The van der Waals surface area contributed by atoms with Crippen molar-refractivity contribution in [1.82, 2.24) is 15.5 Å². The van der Waals surface area contributed by atoms with Gasteiger partial charge in [-0.25, -0.2) is 0 Å². The van der Waals surface area contributed by atoms with Crippen LogP contribution in [0.2, 0.25) is 0 Å². The summed E-state index contributed by atoms with van der Waals surface area (Å²) in [6.45, 7) is 3.89. The molecule has 1 unspecified atom stereocenters. The molecule has 1 aliphatic carbocycles. The summed E-state index contributed by atoms with van der Waals surface area (Å²) in [7, 11) is 2.11. The number of amides is 1. The van der Waals surface area contributed by atoms with Crippen molar-refractivity contribution < 1.29 is 4.79 Å². The normalized spacial score (nSPS) is 26.4. The SMILES string of the molecule is CN1CCNCC1CC(=O)NCCC1CCCC1. The molecule has 0 aromatic heterocycles. The zero-order chi connectivity index (χ0) is 12.8. The van der Waals surface area contributed by atoms with Crippen LogP contribution in [0.3, 0.4) is 0 Å². The van der Waals surface area contributed by atoms with Gasteiger partial charge in [-0.3, -0.25) is 4.79 Å². The highest BCUT2D eigenvalue weighted by molar-refractivity contribution is 5.76. The topological polar surface area (TPSA) is 44.4 Å². The monoisotopic (exact) mass is 253 g/mol. The highest BCUT2D eigenvalue weighted by Gasteiger charge is 2.21. The fourth-order valence-electron chi connectivity index (χ4n) is 3.09. The van der Waals surface area contributed by atoms with Gasteiger partial charge in [0.15, 0.2) is 0 Å². The number of nitrogens with one attached hydrogen (secondary N) is 2. The smallest absolute Gasteiger partial charge is 0.221 e. The molecule has 18 heavy (non-hydrogen) atoms. The average Bonchev–Trinajstić information content (AvgIpc) is 2.85. The van der Waals surface area contributed by atoms with Crippen LogP contribution in [0.15, 0.2) is 0 Å². The third-order valence-electron chi connectivity index (χ3n) is 4.42. The Morgan fingerprint density at radius 3 is 2.89 bits per heavy atom. The molecule has 1 amide bonds. The van der Waals surface area contributed by atoms with Crippen molar-refractivity contribution in [2.24, 2.45) is 5.92 Å². The molecular formula is C14H27N3O. The molecule has 2 rings (SSSR count). The maximum Gasteiger partial charge on any atom is 0.221 e. The largest absolute Gasteiger partial charge is 0.356 e. The summed E-state index contributed by atoms with van der Waals surface area (Å²) in [6.07, 6.45) is 7.31.